The highest BCUT2D eigenvalue weighted by atomic mass is 35.5. The van der Waals surface area contributed by atoms with Crippen molar-refractivity contribution in [2.75, 3.05) is 38.6 Å². The van der Waals surface area contributed by atoms with Crippen LogP contribution in [0, 0.1) is 18.3 Å². The smallest absolute Gasteiger partial charge is 0.351 e. The number of likely N-dealkylation sites (N-methyl/N-ethyl adjacent to an activating group) is 1. The number of pyridine rings is 2. The second-order valence-electron chi connectivity index (χ2n) is 12.7. The van der Waals surface area contributed by atoms with Crippen LogP contribution < -0.4 is 10.5 Å². The molecule has 246 valence electrons. The fourth-order valence-electron chi connectivity index (χ4n) is 6.67. The Morgan fingerprint density at radius 3 is 2.64 bits per heavy atom. The largest absolute Gasteiger partial charge is 0.431 e. The highest BCUT2D eigenvalue weighted by molar-refractivity contribution is 6.31. The number of halogens is 4. The summed E-state index contributed by atoms with van der Waals surface area (Å²) in [6.45, 7) is 8.55. The number of hydrogen-bond acceptors (Lipinski definition) is 8. The van der Waals surface area contributed by atoms with E-state index < -0.39 is 29.5 Å². The number of likely N-dealkylation sites (tertiary alicyclic amines) is 1. The molecule has 3 aromatic heterocycles. The Bertz CT molecular complexity index is 2020. The standard InChI is InChI=1S/C32H33ClF3N9O2/c1-6-25(46)43-13-11-20(14-19(43)10-12-37)45-28-21-15-24(32(34,35)36)44(23-9-7-8-22(33)18(23)2)30(47)26(21)38-29(27(28)39-40-45)42-16-31(3,17-42)41(4)5/h6-9,15,19-20H,1,10-11,13-14,16-17H2,2-5H3. The summed E-state index contributed by atoms with van der Waals surface area (Å²) in [5, 5.41) is 18.5. The number of hydrogen-bond donors (Lipinski definition) is 0. The van der Waals surface area contributed by atoms with Gasteiger partial charge >= 0.3 is 6.18 Å². The highest BCUT2D eigenvalue weighted by Gasteiger charge is 2.44. The number of piperidine rings is 1. The molecule has 2 aliphatic rings. The molecule has 0 radical (unpaired) electrons. The van der Waals surface area contributed by atoms with E-state index >= 15 is 0 Å². The Morgan fingerprint density at radius 1 is 1.28 bits per heavy atom. The van der Waals surface area contributed by atoms with Crippen LogP contribution in [-0.4, -0.2) is 85.6 Å². The summed E-state index contributed by atoms with van der Waals surface area (Å²) in [6, 6.07) is 6.61. The van der Waals surface area contributed by atoms with Crippen molar-refractivity contribution in [1.82, 2.24) is 34.3 Å². The quantitative estimate of drug-likeness (QED) is 0.267. The number of anilines is 1. The lowest BCUT2D eigenvalue weighted by Crippen LogP contribution is -2.67. The van der Waals surface area contributed by atoms with Gasteiger partial charge in [-0.3, -0.25) is 14.2 Å². The molecule has 0 N–H and O–H groups in total. The van der Waals surface area contributed by atoms with E-state index in [2.05, 4.69) is 34.8 Å². The van der Waals surface area contributed by atoms with Crippen LogP contribution >= 0.6 is 11.6 Å². The fraction of sp³-hybridized carbons (Fsp3) is 0.438. The third-order valence-corrected chi connectivity index (χ3v) is 10.0. The third kappa shape index (κ3) is 5.31. The molecule has 0 spiro atoms. The lowest BCUT2D eigenvalue weighted by atomic mass is 9.90. The molecule has 11 nitrogen and oxygen atoms in total. The van der Waals surface area contributed by atoms with Gasteiger partial charge in [0.05, 0.1) is 29.8 Å². The first kappa shape index (κ1) is 32.5. The number of amides is 1. The van der Waals surface area contributed by atoms with Crippen LogP contribution in [-0.2, 0) is 11.0 Å². The number of rotatable bonds is 6. The van der Waals surface area contributed by atoms with Crippen molar-refractivity contribution in [3.8, 4) is 11.8 Å². The maximum absolute atomic E-state index is 14.8. The minimum Gasteiger partial charge on any atom is -0.351 e. The number of alkyl halides is 3. The Hall–Kier alpha value is -4.48. The van der Waals surface area contributed by atoms with Gasteiger partial charge in [-0.15, -0.1) is 5.10 Å². The van der Waals surface area contributed by atoms with E-state index in [1.54, 1.807) is 22.6 Å². The molecule has 47 heavy (non-hydrogen) atoms. The van der Waals surface area contributed by atoms with Gasteiger partial charge in [-0.05, 0) is 70.6 Å². The fourth-order valence-corrected chi connectivity index (χ4v) is 6.84. The number of carbonyl (C=O) groups excluding carboxylic acids is 1. The van der Waals surface area contributed by atoms with Crippen molar-refractivity contribution in [3.05, 3.63) is 63.6 Å². The van der Waals surface area contributed by atoms with Gasteiger partial charge in [-0.1, -0.05) is 29.5 Å². The van der Waals surface area contributed by atoms with Crippen molar-refractivity contribution in [2.45, 2.75) is 56.9 Å². The average molecular weight is 668 g/mol. The molecule has 2 unspecified atom stereocenters. The zero-order valence-corrected chi connectivity index (χ0v) is 27.1. The molecule has 1 amide bonds. The number of carbonyl (C=O) groups is 1. The molecule has 2 aliphatic heterocycles. The first-order valence-electron chi connectivity index (χ1n) is 15.1. The number of aromatic nitrogens is 5. The van der Waals surface area contributed by atoms with Crippen molar-refractivity contribution in [3.63, 3.8) is 0 Å². The zero-order valence-electron chi connectivity index (χ0n) is 26.3. The van der Waals surface area contributed by atoms with Crippen LogP contribution in [0.1, 0.15) is 43.5 Å². The predicted molar refractivity (Wildman–Crippen MR) is 172 cm³/mol. The van der Waals surface area contributed by atoms with E-state index in [-0.39, 0.29) is 57.1 Å². The van der Waals surface area contributed by atoms with E-state index in [1.165, 1.54) is 18.2 Å². The number of fused-ring (bicyclic) bond motifs is 3. The van der Waals surface area contributed by atoms with Gasteiger partial charge in [0.1, 0.15) is 16.7 Å². The molecule has 0 aliphatic carbocycles. The normalized spacial score (nSPS) is 19.7. The minimum absolute atomic E-state index is 0.00505. The Labute approximate surface area is 273 Å². The summed E-state index contributed by atoms with van der Waals surface area (Å²) < 4.78 is 46.7. The second-order valence-corrected chi connectivity index (χ2v) is 13.1. The molecular formula is C32H33ClF3N9O2. The van der Waals surface area contributed by atoms with Gasteiger partial charge in [0.15, 0.2) is 11.3 Å². The molecule has 2 atom stereocenters. The van der Waals surface area contributed by atoms with E-state index in [4.69, 9.17) is 16.6 Å². The van der Waals surface area contributed by atoms with Crippen LogP contribution in [0.5, 0.6) is 0 Å². The van der Waals surface area contributed by atoms with Gasteiger partial charge in [-0.2, -0.15) is 18.4 Å². The summed E-state index contributed by atoms with van der Waals surface area (Å²) in [6.07, 6.45) is -2.98. The lowest BCUT2D eigenvalue weighted by Gasteiger charge is -2.52. The average Bonchev–Trinajstić information content (AvgIpc) is 3.46. The predicted octanol–water partition coefficient (Wildman–Crippen LogP) is 4.88. The molecule has 15 heteroatoms. The SMILES string of the molecule is C=CC(=O)N1CCC(n2nnc3c(N4CC(C)(N(C)C)C4)nc4c(=O)n(-c5cccc(Cl)c5C)c(C(F)(F)F)cc4c32)CC1CC#N. The van der Waals surface area contributed by atoms with Crippen LogP contribution in [0.3, 0.4) is 0 Å². The third-order valence-electron chi connectivity index (χ3n) is 9.59. The molecule has 5 heterocycles. The van der Waals surface area contributed by atoms with Crippen molar-refractivity contribution < 1.29 is 18.0 Å². The monoisotopic (exact) mass is 667 g/mol. The highest BCUT2D eigenvalue weighted by Crippen LogP contribution is 2.40. The van der Waals surface area contributed by atoms with E-state index in [9.17, 15) is 28.0 Å². The molecule has 6 rings (SSSR count). The summed E-state index contributed by atoms with van der Waals surface area (Å²) in [4.78, 5) is 37.2. The van der Waals surface area contributed by atoms with Crippen molar-refractivity contribution in [2.24, 2.45) is 0 Å². The van der Waals surface area contributed by atoms with Crippen LogP contribution in [0.25, 0.3) is 27.6 Å². The number of nitrogens with zero attached hydrogens (tertiary/aromatic N) is 9. The summed E-state index contributed by atoms with van der Waals surface area (Å²) in [7, 11) is 3.92. The molecule has 1 aromatic carbocycles. The maximum atomic E-state index is 14.8. The summed E-state index contributed by atoms with van der Waals surface area (Å²) in [5.41, 5.74) is -1.71. The maximum Gasteiger partial charge on any atom is 0.431 e. The Balaban J connectivity index is 1.63. The van der Waals surface area contributed by atoms with Crippen molar-refractivity contribution in [1.29, 1.82) is 5.26 Å². The van der Waals surface area contributed by atoms with E-state index in [0.29, 0.717) is 41.9 Å². The topological polar surface area (TPSA) is 116 Å². The van der Waals surface area contributed by atoms with Crippen LogP contribution in [0.4, 0.5) is 19.0 Å². The summed E-state index contributed by atoms with van der Waals surface area (Å²) in [5.74, 6) is 0.0367. The van der Waals surface area contributed by atoms with Crippen molar-refractivity contribution >= 4 is 45.3 Å². The minimum atomic E-state index is -4.93. The molecule has 0 saturated carbocycles. The van der Waals surface area contributed by atoms with Crippen LogP contribution in [0.2, 0.25) is 5.02 Å². The Morgan fingerprint density at radius 2 is 2.00 bits per heavy atom. The van der Waals surface area contributed by atoms with Gasteiger partial charge in [-0.25, -0.2) is 9.67 Å². The van der Waals surface area contributed by atoms with Gasteiger partial charge in [0.25, 0.3) is 5.56 Å². The molecule has 2 fully saturated rings. The lowest BCUT2D eigenvalue weighted by molar-refractivity contribution is -0.142. The first-order chi connectivity index (χ1) is 22.2. The molecular weight excluding hydrogens is 635 g/mol. The summed E-state index contributed by atoms with van der Waals surface area (Å²) >= 11 is 6.30. The first-order valence-corrected chi connectivity index (χ1v) is 15.5. The molecule has 2 saturated heterocycles. The Kier molecular flexibility index (Phi) is 8.04. The van der Waals surface area contributed by atoms with Gasteiger partial charge in [0.2, 0.25) is 5.91 Å². The number of nitriles is 1. The zero-order chi connectivity index (χ0) is 34.0. The van der Waals surface area contributed by atoms with Gasteiger partial charge < -0.3 is 14.7 Å². The van der Waals surface area contributed by atoms with E-state index in [1.807, 2.05) is 19.0 Å². The molecule has 0 bridgehead atoms. The van der Waals surface area contributed by atoms with E-state index in [0.717, 1.165) is 6.07 Å². The van der Waals surface area contributed by atoms with Gasteiger partial charge in [0, 0.05) is 36.1 Å². The number of benzene rings is 1. The molecule has 4 aromatic rings. The van der Waals surface area contributed by atoms with Crippen LogP contribution in [0.15, 0.2) is 41.7 Å². The second kappa shape index (κ2) is 11.6.